The third-order valence-electron chi connectivity index (χ3n) is 5.64. The van der Waals surface area contributed by atoms with E-state index in [0.717, 1.165) is 17.7 Å². The van der Waals surface area contributed by atoms with Gasteiger partial charge in [-0.15, -0.1) is 0 Å². The number of fused-ring (bicyclic) bond motifs is 3. The smallest absolute Gasteiger partial charge is 0.0590 e. The molecule has 0 aromatic heterocycles. The Hall–Kier alpha value is -3.65. The summed E-state index contributed by atoms with van der Waals surface area (Å²) in [6.07, 6.45) is 2.90. The maximum Gasteiger partial charge on any atom is 0.0590 e. The Kier molecular flexibility index (Phi) is 4.45. The van der Waals surface area contributed by atoms with E-state index in [2.05, 4.69) is 90.2 Å². The van der Waals surface area contributed by atoms with Gasteiger partial charge in [-0.1, -0.05) is 84.9 Å². The second kappa shape index (κ2) is 7.40. The SMILES string of the molecule is Cc1ccccc1N/N=C/c1ccccc1-c1cccc2c1Cc1ccccc1-2. The molecule has 0 saturated heterocycles. The van der Waals surface area contributed by atoms with Gasteiger partial charge in [-0.25, -0.2) is 0 Å². The molecule has 4 aromatic rings. The van der Waals surface area contributed by atoms with Gasteiger partial charge in [0.2, 0.25) is 0 Å². The van der Waals surface area contributed by atoms with Crippen LogP contribution in [0.25, 0.3) is 22.3 Å². The number of benzene rings is 4. The summed E-state index contributed by atoms with van der Waals surface area (Å²) >= 11 is 0. The minimum atomic E-state index is 0.981. The Morgan fingerprint density at radius 2 is 1.34 bits per heavy atom. The first kappa shape index (κ1) is 17.4. The van der Waals surface area contributed by atoms with Crippen LogP contribution in [0, 0.1) is 6.92 Å². The van der Waals surface area contributed by atoms with Crippen LogP contribution in [0.1, 0.15) is 22.3 Å². The van der Waals surface area contributed by atoms with Gasteiger partial charge >= 0.3 is 0 Å². The van der Waals surface area contributed by atoms with E-state index in [1.165, 1.54) is 38.9 Å². The van der Waals surface area contributed by atoms with Crippen LogP contribution in [0.4, 0.5) is 5.69 Å². The van der Waals surface area contributed by atoms with E-state index >= 15 is 0 Å². The Morgan fingerprint density at radius 3 is 2.21 bits per heavy atom. The van der Waals surface area contributed by atoms with E-state index in [4.69, 9.17) is 0 Å². The van der Waals surface area contributed by atoms with Crippen LogP contribution >= 0.6 is 0 Å². The van der Waals surface area contributed by atoms with Crippen molar-refractivity contribution in [2.24, 2.45) is 5.10 Å². The van der Waals surface area contributed by atoms with Gasteiger partial charge in [0.05, 0.1) is 11.9 Å². The average molecular weight is 374 g/mol. The Morgan fingerprint density at radius 1 is 0.690 bits per heavy atom. The minimum Gasteiger partial charge on any atom is -0.278 e. The highest BCUT2D eigenvalue weighted by Gasteiger charge is 2.21. The van der Waals surface area contributed by atoms with E-state index in [0.29, 0.717) is 0 Å². The first-order valence-electron chi connectivity index (χ1n) is 9.95. The summed E-state index contributed by atoms with van der Waals surface area (Å²) in [5.41, 5.74) is 14.5. The standard InChI is InChI=1S/C27H22N2/c1-19-9-2-7-16-27(19)29-28-18-21-11-4-6-13-23(21)25-15-8-14-24-22-12-5-3-10-20(22)17-26(24)25/h2-16,18,29H,17H2,1H3/b28-18+. The zero-order valence-corrected chi connectivity index (χ0v) is 16.4. The molecule has 1 N–H and O–H groups in total. The molecule has 4 aromatic carbocycles. The van der Waals surface area contributed by atoms with E-state index in [-0.39, 0.29) is 0 Å². The average Bonchev–Trinajstić information content (AvgIpc) is 3.14. The number of nitrogens with zero attached hydrogens (tertiary/aromatic N) is 1. The molecule has 1 aliphatic carbocycles. The van der Waals surface area contributed by atoms with Crippen molar-refractivity contribution in [2.45, 2.75) is 13.3 Å². The Labute approximate surface area is 171 Å². The fraction of sp³-hybridized carbons (Fsp3) is 0.0741. The number of anilines is 1. The van der Waals surface area contributed by atoms with Crippen molar-refractivity contribution in [1.29, 1.82) is 0 Å². The lowest BCUT2D eigenvalue weighted by atomic mass is 9.93. The maximum atomic E-state index is 4.52. The third kappa shape index (κ3) is 3.23. The molecule has 0 bridgehead atoms. The molecule has 29 heavy (non-hydrogen) atoms. The van der Waals surface area contributed by atoms with Crippen LogP contribution in [0.3, 0.4) is 0 Å². The molecule has 2 nitrogen and oxygen atoms in total. The molecule has 0 unspecified atom stereocenters. The van der Waals surface area contributed by atoms with Crippen LogP contribution in [0.2, 0.25) is 0 Å². The number of hydrogen-bond acceptors (Lipinski definition) is 2. The fourth-order valence-corrected chi connectivity index (χ4v) is 4.13. The van der Waals surface area contributed by atoms with Gasteiger partial charge in [-0.2, -0.15) is 5.10 Å². The third-order valence-corrected chi connectivity index (χ3v) is 5.64. The van der Waals surface area contributed by atoms with Crippen molar-refractivity contribution < 1.29 is 0 Å². The van der Waals surface area contributed by atoms with Gasteiger partial charge in [0.1, 0.15) is 0 Å². The normalized spacial score (nSPS) is 12.0. The Bertz CT molecular complexity index is 1220. The van der Waals surface area contributed by atoms with Gasteiger partial charge < -0.3 is 0 Å². The molecule has 1 aliphatic rings. The summed E-state index contributed by atoms with van der Waals surface area (Å²) in [6, 6.07) is 32.0. The van der Waals surface area contributed by atoms with E-state index in [1.807, 2.05) is 24.4 Å². The van der Waals surface area contributed by atoms with Crippen molar-refractivity contribution in [3.63, 3.8) is 0 Å². The summed E-state index contributed by atoms with van der Waals surface area (Å²) in [7, 11) is 0. The van der Waals surface area contributed by atoms with Crippen LogP contribution < -0.4 is 5.43 Å². The van der Waals surface area contributed by atoms with E-state index < -0.39 is 0 Å². The first-order chi connectivity index (χ1) is 14.3. The van der Waals surface area contributed by atoms with Crippen LogP contribution in [-0.2, 0) is 6.42 Å². The number of rotatable bonds is 4. The monoisotopic (exact) mass is 374 g/mol. The predicted octanol–water partition coefficient (Wildman–Crippen LogP) is 6.68. The minimum absolute atomic E-state index is 0.981. The summed E-state index contributed by atoms with van der Waals surface area (Å²) in [5, 5.41) is 4.52. The summed E-state index contributed by atoms with van der Waals surface area (Å²) in [5.74, 6) is 0. The lowest BCUT2D eigenvalue weighted by Crippen LogP contribution is -1.96. The zero-order valence-electron chi connectivity index (χ0n) is 16.4. The summed E-state index contributed by atoms with van der Waals surface area (Å²) in [4.78, 5) is 0. The largest absolute Gasteiger partial charge is 0.278 e. The summed E-state index contributed by atoms with van der Waals surface area (Å²) in [6.45, 7) is 2.08. The quantitative estimate of drug-likeness (QED) is 0.275. The topological polar surface area (TPSA) is 24.4 Å². The second-order valence-electron chi connectivity index (χ2n) is 7.44. The number of hydrazone groups is 1. The molecular formula is C27H22N2. The highest BCUT2D eigenvalue weighted by atomic mass is 15.3. The molecule has 0 amide bonds. The van der Waals surface area contributed by atoms with Crippen molar-refractivity contribution in [2.75, 3.05) is 5.43 Å². The molecular weight excluding hydrogens is 352 g/mol. The Balaban J connectivity index is 1.51. The molecule has 0 aliphatic heterocycles. The molecule has 0 saturated carbocycles. The molecule has 0 radical (unpaired) electrons. The maximum absolute atomic E-state index is 4.52. The first-order valence-corrected chi connectivity index (χ1v) is 9.95. The number of aryl methyl sites for hydroxylation is 1. The van der Waals surface area contributed by atoms with E-state index in [9.17, 15) is 0 Å². The van der Waals surface area contributed by atoms with E-state index in [1.54, 1.807) is 0 Å². The van der Waals surface area contributed by atoms with Gasteiger partial charge in [-0.3, -0.25) is 5.43 Å². The van der Waals surface area contributed by atoms with Crippen molar-refractivity contribution >= 4 is 11.9 Å². The zero-order chi connectivity index (χ0) is 19.6. The molecule has 140 valence electrons. The fourth-order valence-electron chi connectivity index (χ4n) is 4.13. The number of para-hydroxylation sites is 1. The van der Waals surface area contributed by atoms with Gasteiger partial charge in [0.15, 0.2) is 0 Å². The summed E-state index contributed by atoms with van der Waals surface area (Å²) < 4.78 is 0. The lowest BCUT2D eigenvalue weighted by molar-refractivity contribution is 1.26. The van der Waals surface area contributed by atoms with Gasteiger partial charge in [0, 0.05) is 5.56 Å². The number of hydrogen-bond donors (Lipinski definition) is 1. The van der Waals surface area contributed by atoms with Gasteiger partial charge in [-0.05, 0) is 58.4 Å². The molecule has 0 spiro atoms. The number of nitrogens with one attached hydrogen (secondary N) is 1. The molecule has 5 rings (SSSR count). The molecule has 0 fully saturated rings. The highest BCUT2D eigenvalue weighted by molar-refractivity contribution is 5.94. The molecule has 0 heterocycles. The lowest BCUT2D eigenvalue weighted by Gasteiger charge is -2.12. The molecule has 2 heteroatoms. The second-order valence-corrected chi connectivity index (χ2v) is 7.44. The van der Waals surface area contributed by atoms with Crippen LogP contribution in [0.15, 0.2) is 96.1 Å². The molecule has 0 atom stereocenters. The van der Waals surface area contributed by atoms with Crippen molar-refractivity contribution in [1.82, 2.24) is 0 Å². The van der Waals surface area contributed by atoms with Crippen molar-refractivity contribution in [3.8, 4) is 22.3 Å². The highest BCUT2D eigenvalue weighted by Crippen LogP contribution is 2.41. The van der Waals surface area contributed by atoms with Gasteiger partial charge in [0.25, 0.3) is 0 Å². The van der Waals surface area contributed by atoms with Crippen molar-refractivity contribution in [3.05, 3.63) is 113 Å². The predicted molar refractivity (Wildman–Crippen MR) is 123 cm³/mol. The van der Waals surface area contributed by atoms with Crippen LogP contribution in [0.5, 0.6) is 0 Å². The van der Waals surface area contributed by atoms with Crippen LogP contribution in [-0.4, -0.2) is 6.21 Å².